The number of aromatic nitrogens is 2. The summed E-state index contributed by atoms with van der Waals surface area (Å²) < 4.78 is 0. The Balaban J connectivity index is 2.37. The normalized spacial score (nSPS) is 20.1. The van der Waals surface area contributed by atoms with E-state index < -0.39 is 0 Å². The summed E-state index contributed by atoms with van der Waals surface area (Å²) in [6.07, 6.45) is 2.49. The zero-order chi connectivity index (χ0) is 14.2. The maximum Gasteiger partial charge on any atom is 0.138 e. The quantitative estimate of drug-likeness (QED) is 0.890. The van der Waals surface area contributed by atoms with E-state index in [9.17, 15) is 0 Å². The van der Waals surface area contributed by atoms with Crippen LogP contribution in [0.4, 0.5) is 11.6 Å². The van der Waals surface area contributed by atoms with Gasteiger partial charge < -0.3 is 10.6 Å². The van der Waals surface area contributed by atoms with Crippen molar-refractivity contribution >= 4 is 11.6 Å². The van der Waals surface area contributed by atoms with E-state index >= 15 is 0 Å². The van der Waals surface area contributed by atoms with Gasteiger partial charge in [0.15, 0.2) is 0 Å². The molecule has 1 aromatic rings. The number of rotatable bonds is 2. The van der Waals surface area contributed by atoms with E-state index in [-0.39, 0.29) is 5.41 Å². The van der Waals surface area contributed by atoms with Crippen molar-refractivity contribution in [2.24, 2.45) is 5.92 Å². The van der Waals surface area contributed by atoms with E-state index in [4.69, 9.17) is 10.7 Å². The van der Waals surface area contributed by atoms with Crippen LogP contribution in [0.25, 0.3) is 0 Å². The van der Waals surface area contributed by atoms with Crippen molar-refractivity contribution < 1.29 is 0 Å². The molecule has 19 heavy (non-hydrogen) atoms. The smallest absolute Gasteiger partial charge is 0.138 e. The van der Waals surface area contributed by atoms with Crippen molar-refractivity contribution in [1.82, 2.24) is 9.97 Å². The van der Waals surface area contributed by atoms with Gasteiger partial charge in [-0.2, -0.15) is 0 Å². The SMILES string of the molecule is CCC1CCN(c2nc(C(C)(C)C)nc(N)c2C)C1. The molecule has 0 radical (unpaired) electrons. The third-order valence-corrected chi connectivity index (χ3v) is 3.99. The molecule has 0 amide bonds. The van der Waals surface area contributed by atoms with Crippen LogP contribution in [-0.2, 0) is 5.41 Å². The van der Waals surface area contributed by atoms with E-state index in [1.165, 1.54) is 12.8 Å². The molecular weight excluding hydrogens is 236 g/mol. The van der Waals surface area contributed by atoms with Crippen molar-refractivity contribution in [3.8, 4) is 0 Å². The molecule has 2 heterocycles. The minimum atomic E-state index is -0.0690. The highest BCUT2D eigenvalue weighted by Crippen LogP contribution is 2.31. The molecule has 1 aromatic heterocycles. The Morgan fingerprint density at radius 3 is 2.53 bits per heavy atom. The van der Waals surface area contributed by atoms with E-state index in [0.29, 0.717) is 5.82 Å². The van der Waals surface area contributed by atoms with Gasteiger partial charge in [-0.25, -0.2) is 9.97 Å². The van der Waals surface area contributed by atoms with Gasteiger partial charge in [-0.15, -0.1) is 0 Å². The molecule has 4 heteroatoms. The molecule has 2 rings (SSSR count). The lowest BCUT2D eigenvalue weighted by molar-refractivity contribution is 0.543. The first-order chi connectivity index (χ1) is 8.82. The first kappa shape index (κ1) is 14.1. The van der Waals surface area contributed by atoms with Crippen LogP contribution < -0.4 is 10.6 Å². The molecule has 106 valence electrons. The van der Waals surface area contributed by atoms with Gasteiger partial charge in [0.1, 0.15) is 17.5 Å². The highest BCUT2D eigenvalue weighted by Gasteiger charge is 2.27. The Labute approximate surface area is 116 Å². The summed E-state index contributed by atoms with van der Waals surface area (Å²) >= 11 is 0. The second-order valence-electron chi connectivity index (χ2n) is 6.64. The zero-order valence-corrected chi connectivity index (χ0v) is 12.8. The lowest BCUT2D eigenvalue weighted by Gasteiger charge is -2.24. The van der Waals surface area contributed by atoms with Gasteiger partial charge in [-0.05, 0) is 19.3 Å². The second kappa shape index (κ2) is 4.99. The van der Waals surface area contributed by atoms with Crippen LogP contribution >= 0.6 is 0 Å². The fourth-order valence-electron chi connectivity index (χ4n) is 2.52. The molecule has 1 atom stereocenters. The molecule has 4 nitrogen and oxygen atoms in total. The summed E-state index contributed by atoms with van der Waals surface area (Å²) in [4.78, 5) is 11.6. The van der Waals surface area contributed by atoms with Crippen molar-refractivity contribution in [2.45, 2.75) is 52.9 Å². The van der Waals surface area contributed by atoms with Crippen LogP contribution in [0.1, 0.15) is 51.9 Å². The molecule has 1 saturated heterocycles. The van der Waals surface area contributed by atoms with E-state index in [0.717, 1.165) is 36.2 Å². The van der Waals surface area contributed by atoms with Crippen LogP contribution in [0.2, 0.25) is 0 Å². The van der Waals surface area contributed by atoms with Crippen molar-refractivity contribution in [3.63, 3.8) is 0 Å². The highest BCUT2D eigenvalue weighted by molar-refractivity contribution is 5.57. The first-order valence-electron chi connectivity index (χ1n) is 7.22. The topological polar surface area (TPSA) is 55.0 Å². The molecule has 2 N–H and O–H groups in total. The van der Waals surface area contributed by atoms with Crippen molar-refractivity contribution in [3.05, 3.63) is 11.4 Å². The molecule has 0 bridgehead atoms. The van der Waals surface area contributed by atoms with Crippen molar-refractivity contribution in [2.75, 3.05) is 23.7 Å². The number of nitrogens with two attached hydrogens (primary N) is 1. The summed E-state index contributed by atoms with van der Waals surface area (Å²) in [6.45, 7) is 12.8. The monoisotopic (exact) mass is 262 g/mol. The van der Waals surface area contributed by atoms with E-state index in [1.54, 1.807) is 0 Å². The van der Waals surface area contributed by atoms with Gasteiger partial charge in [0.05, 0.1) is 0 Å². The minimum Gasteiger partial charge on any atom is -0.383 e. The minimum absolute atomic E-state index is 0.0690. The van der Waals surface area contributed by atoms with Gasteiger partial charge >= 0.3 is 0 Å². The number of anilines is 2. The Morgan fingerprint density at radius 1 is 1.32 bits per heavy atom. The number of hydrogen-bond donors (Lipinski definition) is 1. The Bertz CT molecular complexity index is 462. The zero-order valence-electron chi connectivity index (χ0n) is 12.8. The predicted molar refractivity (Wildman–Crippen MR) is 80.5 cm³/mol. The molecule has 1 aliphatic heterocycles. The Morgan fingerprint density at radius 2 is 2.00 bits per heavy atom. The standard InChI is InChI=1S/C15H26N4/c1-6-11-7-8-19(9-11)13-10(2)12(16)17-14(18-13)15(3,4)5/h11H,6-9H2,1-5H3,(H2,16,17,18). The molecule has 0 aliphatic carbocycles. The molecule has 1 fully saturated rings. The lowest BCUT2D eigenvalue weighted by Crippen LogP contribution is -2.26. The third-order valence-electron chi connectivity index (χ3n) is 3.99. The number of nitrogens with zero attached hydrogens (tertiary/aromatic N) is 3. The van der Waals surface area contributed by atoms with Gasteiger partial charge in [0.25, 0.3) is 0 Å². The average molecular weight is 262 g/mol. The van der Waals surface area contributed by atoms with E-state index in [2.05, 4.69) is 37.6 Å². The summed E-state index contributed by atoms with van der Waals surface area (Å²) in [5.74, 6) is 3.28. The third kappa shape index (κ3) is 2.82. The van der Waals surface area contributed by atoms with Crippen LogP contribution in [0, 0.1) is 12.8 Å². The molecule has 0 spiro atoms. The number of hydrogen-bond acceptors (Lipinski definition) is 4. The van der Waals surface area contributed by atoms with E-state index in [1.807, 2.05) is 6.92 Å². The van der Waals surface area contributed by atoms with Crippen LogP contribution in [0.3, 0.4) is 0 Å². The summed E-state index contributed by atoms with van der Waals surface area (Å²) in [6, 6.07) is 0. The van der Waals surface area contributed by atoms with Crippen molar-refractivity contribution in [1.29, 1.82) is 0 Å². The van der Waals surface area contributed by atoms with Crippen LogP contribution in [0.5, 0.6) is 0 Å². The van der Waals surface area contributed by atoms with Gasteiger partial charge in [-0.3, -0.25) is 0 Å². The van der Waals surface area contributed by atoms with Gasteiger partial charge in [0.2, 0.25) is 0 Å². The summed E-state index contributed by atoms with van der Waals surface area (Å²) in [5, 5.41) is 0. The Hall–Kier alpha value is -1.32. The Kier molecular flexibility index (Phi) is 3.70. The number of nitrogen functional groups attached to an aromatic ring is 1. The maximum atomic E-state index is 6.08. The van der Waals surface area contributed by atoms with Crippen LogP contribution in [0.15, 0.2) is 0 Å². The predicted octanol–water partition coefficient (Wildman–Crippen LogP) is 2.90. The van der Waals surface area contributed by atoms with Gasteiger partial charge in [-0.1, -0.05) is 34.1 Å². The van der Waals surface area contributed by atoms with Crippen LogP contribution in [-0.4, -0.2) is 23.1 Å². The molecule has 0 aromatic carbocycles. The molecule has 1 unspecified atom stereocenters. The van der Waals surface area contributed by atoms with Gasteiger partial charge in [0, 0.05) is 24.1 Å². The fraction of sp³-hybridized carbons (Fsp3) is 0.733. The fourth-order valence-corrected chi connectivity index (χ4v) is 2.52. The molecule has 1 aliphatic rings. The lowest BCUT2D eigenvalue weighted by atomic mass is 9.95. The average Bonchev–Trinajstić information content (AvgIpc) is 2.79. The molecule has 0 saturated carbocycles. The summed E-state index contributed by atoms with van der Waals surface area (Å²) in [5.41, 5.74) is 7.02. The summed E-state index contributed by atoms with van der Waals surface area (Å²) in [7, 11) is 0. The highest BCUT2D eigenvalue weighted by atomic mass is 15.2. The largest absolute Gasteiger partial charge is 0.383 e. The second-order valence-corrected chi connectivity index (χ2v) is 6.64. The first-order valence-corrected chi connectivity index (χ1v) is 7.22. The molecular formula is C15H26N4. The maximum absolute atomic E-state index is 6.08.